The normalized spacial score (nSPS) is 11.9. The van der Waals surface area contributed by atoms with E-state index in [4.69, 9.17) is 0 Å². The minimum atomic E-state index is -0.920. The molecule has 0 unspecified atom stereocenters. The zero-order valence-corrected chi connectivity index (χ0v) is 14.3. The fraction of sp³-hybridized carbons (Fsp3) is 0.278. The van der Waals surface area contributed by atoms with Gasteiger partial charge in [-0.3, -0.25) is 4.79 Å². The van der Waals surface area contributed by atoms with E-state index in [0.717, 1.165) is 12.1 Å². The topological polar surface area (TPSA) is 40.5 Å². The van der Waals surface area contributed by atoms with E-state index in [-0.39, 0.29) is 23.9 Å². The number of hydrogen-bond donors (Lipinski definition) is 1. The molecule has 2 aromatic rings. The van der Waals surface area contributed by atoms with E-state index >= 15 is 0 Å². The smallest absolute Gasteiger partial charge is 0.167 e. The maximum absolute atomic E-state index is 13.4. The summed E-state index contributed by atoms with van der Waals surface area (Å²) in [5.41, 5.74) is 0.962. The molecule has 0 radical (unpaired) electrons. The van der Waals surface area contributed by atoms with E-state index in [1.165, 1.54) is 18.2 Å². The van der Waals surface area contributed by atoms with Gasteiger partial charge in [-0.05, 0) is 50.3 Å². The summed E-state index contributed by atoms with van der Waals surface area (Å²) in [7, 11) is 3.68. The minimum Gasteiger partial charge on any atom is -0.508 e. The van der Waals surface area contributed by atoms with Crippen LogP contribution in [0.1, 0.15) is 15.9 Å². The Morgan fingerprint density at radius 2 is 1.83 bits per heavy atom. The van der Waals surface area contributed by atoms with Gasteiger partial charge in [-0.1, -0.05) is 18.2 Å². The van der Waals surface area contributed by atoms with Crippen molar-refractivity contribution in [2.75, 3.05) is 20.6 Å². The van der Waals surface area contributed by atoms with E-state index in [9.17, 15) is 18.7 Å². The molecule has 0 fully saturated rings. The summed E-state index contributed by atoms with van der Waals surface area (Å²) in [6.07, 6.45) is 0.296. The Morgan fingerprint density at radius 1 is 1.12 bits per heavy atom. The second-order valence-corrected chi connectivity index (χ2v) is 5.83. The maximum Gasteiger partial charge on any atom is 0.167 e. The highest BCUT2D eigenvalue weighted by Gasteiger charge is 2.22. The third-order valence-electron chi connectivity index (χ3n) is 3.55. The van der Waals surface area contributed by atoms with Crippen LogP contribution in [0.15, 0.2) is 42.5 Å². The first kappa shape index (κ1) is 20.1. The molecule has 0 aromatic heterocycles. The van der Waals surface area contributed by atoms with Crippen molar-refractivity contribution in [1.29, 1.82) is 0 Å². The second-order valence-electron chi connectivity index (χ2n) is 5.83. The number of phenolic OH excluding ortho intramolecular Hbond substituents is 1. The summed E-state index contributed by atoms with van der Waals surface area (Å²) >= 11 is 0. The number of aromatic hydroxyl groups is 1. The summed E-state index contributed by atoms with van der Waals surface area (Å²) in [6.45, 7) is 0.466. The number of phenols is 1. The Labute approximate surface area is 146 Å². The summed E-state index contributed by atoms with van der Waals surface area (Å²) in [5.74, 6) is -2.36. The Morgan fingerprint density at radius 3 is 2.42 bits per heavy atom. The molecule has 2 rings (SSSR count). The van der Waals surface area contributed by atoms with Crippen molar-refractivity contribution in [3.05, 3.63) is 65.2 Å². The van der Waals surface area contributed by atoms with E-state index in [2.05, 4.69) is 0 Å². The van der Waals surface area contributed by atoms with Gasteiger partial charge in [-0.25, -0.2) is 8.78 Å². The lowest BCUT2D eigenvalue weighted by Gasteiger charge is -2.20. The highest BCUT2D eigenvalue weighted by Crippen LogP contribution is 2.20. The molecule has 130 valence electrons. The molecule has 24 heavy (non-hydrogen) atoms. The molecule has 0 saturated heterocycles. The molecule has 0 saturated carbocycles. The van der Waals surface area contributed by atoms with Crippen LogP contribution in [0.3, 0.4) is 0 Å². The van der Waals surface area contributed by atoms with Crippen molar-refractivity contribution >= 4 is 18.2 Å². The van der Waals surface area contributed by atoms with Gasteiger partial charge in [0.15, 0.2) is 17.4 Å². The molecule has 0 aliphatic heterocycles. The molecule has 6 heteroatoms. The van der Waals surface area contributed by atoms with Crippen LogP contribution >= 0.6 is 12.4 Å². The van der Waals surface area contributed by atoms with Crippen LogP contribution in [0.5, 0.6) is 5.75 Å². The van der Waals surface area contributed by atoms with Gasteiger partial charge >= 0.3 is 0 Å². The van der Waals surface area contributed by atoms with Crippen LogP contribution in [0.4, 0.5) is 8.78 Å². The van der Waals surface area contributed by atoms with Gasteiger partial charge in [-0.15, -0.1) is 12.4 Å². The highest BCUT2D eigenvalue weighted by molar-refractivity contribution is 5.98. The Bertz CT molecular complexity index is 707. The van der Waals surface area contributed by atoms with Gasteiger partial charge in [0.2, 0.25) is 0 Å². The Kier molecular flexibility index (Phi) is 7.32. The van der Waals surface area contributed by atoms with Gasteiger partial charge in [-0.2, -0.15) is 0 Å². The fourth-order valence-corrected chi connectivity index (χ4v) is 2.53. The number of rotatable bonds is 6. The number of Topliss-reactive ketones (excluding diaryl/α,β-unsaturated/α-hetero) is 1. The highest BCUT2D eigenvalue weighted by atomic mass is 35.5. The van der Waals surface area contributed by atoms with Gasteiger partial charge in [0.1, 0.15) is 5.75 Å². The van der Waals surface area contributed by atoms with Crippen LogP contribution in [-0.2, 0) is 6.42 Å². The number of halogens is 3. The third kappa shape index (κ3) is 5.28. The third-order valence-corrected chi connectivity index (χ3v) is 3.55. The summed E-state index contributed by atoms with van der Waals surface area (Å²) in [5, 5.41) is 9.53. The van der Waals surface area contributed by atoms with E-state index in [1.807, 2.05) is 19.0 Å². The molecule has 3 nitrogen and oxygen atoms in total. The lowest BCUT2D eigenvalue weighted by Crippen LogP contribution is -2.29. The molecule has 1 atom stereocenters. The number of benzene rings is 2. The Hall–Kier alpha value is -1.98. The van der Waals surface area contributed by atoms with E-state index in [0.29, 0.717) is 24.1 Å². The molecule has 0 heterocycles. The minimum absolute atomic E-state index is 0. The summed E-state index contributed by atoms with van der Waals surface area (Å²) in [4.78, 5) is 14.5. The fourth-order valence-electron chi connectivity index (χ4n) is 2.53. The quantitative estimate of drug-likeness (QED) is 0.803. The average molecular weight is 356 g/mol. The summed E-state index contributed by atoms with van der Waals surface area (Å²) < 4.78 is 26.4. The summed E-state index contributed by atoms with van der Waals surface area (Å²) in [6, 6.07) is 9.81. The molecular weight excluding hydrogens is 336 g/mol. The van der Waals surface area contributed by atoms with Crippen LogP contribution in [-0.4, -0.2) is 36.4 Å². The molecule has 1 N–H and O–H groups in total. The number of nitrogens with zero attached hydrogens (tertiary/aromatic N) is 1. The van der Waals surface area contributed by atoms with Gasteiger partial charge in [0.05, 0.1) is 0 Å². The van der Waals surface area contributed by atoms with Gasteiger partial charge < -0.3 is 10.0 Å². The molecular formula is C18H20ClF2NO2. The van der Waals surface area contributed by atoms with Crippen LogP contribution in [0.25, 0.3) is 0 Å². The number of carbonyl (C=O) groups excluding carboxylic acids is 1. The predicted molar refractivity (Wildman–Crippen MR) is 91.8 cm³/mol. The van der Waals surface area contributed by atoms with E-state index in [1.54, 1.807) is 12.1 Å². The number of ketones is 1. The van der Waals surface area contributed by atoms with Crippen molar-refractivity contribution in [3.8, 4) is 5.75 Å². The number of hydrogen-bond acceptors (Lipinski definition) is 3. The van der Waals surface area contributed by atoms with Crippen molar-refractivity contribution in [2.24, 2.45) is 5.92 Å². The van der Waals surface area contributed by atoms with Crippen molar-refractivity contribution < 1.29 is 18.7 Å². The Balaban J connectivity index is 0.00000288. The molecule has 0 bridgehead atoms. The standard InChI is InChI=1S/C18H19F2NO2.ClH/c1-21(2)11-14(8-12-6-7-16(19)17(20)9-12)18(23)13-4-3-5-15(22)10-13;/h3-7,9-10,14,22H,8,11H2,1-2H3;1H/t14-;/m0./s1. The van der Waals surface area contributed by atoms with Gasteiger partial charge in [0.25, 0.3) is 0 Å². The monoisotopic (exact) mass is 355 g/mol. The molecule has 0 spiro atoms. The van der Waals surface area contributed by atoms with Crippen molar-refractivity contribution in [1.82, 2.24) is 4.90 Å². The molecule has 0 aliphatic carbocycles. The van der Waals surface area contributed by atoms with Gasteiger partial charge in [0, 0.05) is 18.0 Å². The first-order chi connectivity index (χ1) is 10.9. The SMILES string of the molecule is CN(C)C[C@H](Cc1ccc(F)c(F)c1)C(=O)c1cccc(O)c1.Cl. The van der Waals surface area contributed by atoms with Crippen LogP contribution in [0.2, 0.25) is 0 Å². The van der Waals surface area contributed by atoms with E-state index < -0.39 is 17.6 Å². The van der Waals surface area contributed by atoms with Crippen LogP contribution in [0, 0.1) is 17.6 Å². The van der Waals surface area contributed by atoms with Crippen molar-refractivity contribution in [2.45, 2.75) is 6.42 Å². The average Bonchev–Trinajstić information content (AvgIpc) is 2.49. The predicted octanol–water partition coefficient (Wildman–Crippen LogP) is 3.70. The number of carbonyl (C=O) groups is 1. The second kappa shape index (κ2) is 8.76. The first-order valence-corrected chi connectivity index (χ1v) is 7.28. The largest absolute Gasteiger partial charge is 0.508 e. The lowest BCUT2D eigenvalue weighted by atomic mass is 9.90. The zero-order valence-electron chi connectivity index (χ0n) is 13.5. The van der Waals surface area contributed by atoms with Crippen molar-refractivity contribution in [3.63, 3.8) is 0 Å². The molecule has 0 aliphatic rings. The lowest BCUT2D eigenvalue weighted by molar-refractivity contribution is 0.0896. The molecule has 0 amide bonds. The maximum atomic E-state index is 13.4. The van der Waals surface area contributed by atoms with Crippen LogP contribution < -0.4 is 0 Å². The first-order valence-electron chi connectivity index (χ1n) is 7.28. The zero-order chi connectivity index (χ0) is 17.0. The molecule has 2 aromatic carbocycles.